The van der Waals surface area contributed by atoms with E-state index in [4.69, 9.17) is 0 Å². The highest BCUT2D eigenvalue weighted by atomic mass is 16.2. The molecule has 2 aliphatic heterocycles. The fourth-order valence-electron chi connectivity index (χ4n) is 6.13. The normalized spacial score (nSPS) is 20.7. The van der Waals surface area contributed by atoms with Gasteiger partial charge in [-0.05, 0) is 56.2 Å². The molecule has 0 spiro atoms. The van der Waals surface area contributed by atoms with Gasteiger partial charge >= 0.3 is 0 Å². The van der Waals surface area contributed by atoms with Gasteiger partial charge in [0, 0.05) is 51.7 Å². The lowest BCUT2D eigenvalue weighted by Crippen LogP contribution is -2.47. The maximum Gasteiger partial charge on any atom is 0.263 e. The third kappa shape index (κ3) is 4.66. The van der Waals surface area contributed by atoms with Crippen LogP contribution in [0.3, 0.4) is 0 Å². The molecule has 0 bridgehead atoms. The highest BCUT2D eigenvalue weighted by Crippen LogP contribution is 2.42. The maximum atomic E-state index is 13.3. The lowest BCUT2D eigenvalue weighted by Gasteiger charge is -2.39. The molecule has 35 heavy (non-hydrogen) atoms. The van der Waals surface area contributed by atoms with Gasteiger partial charge in [0.1, 0.15) is 0 Å². The van der Waals surface area contributed by atoms with Crippen LogP contribution in [0.25, 0.3) is 0 Å². The van der Waals surface area contributed by atoms with Crippen molar-refractivity contribution in [3.05, 3.63) is 58.9 Å². The molecule has 2 amide bonds. The van der Waals surface area contributed by atoms with Crippen molar-refractivity contribution in [3.63, 3.8) is 0 Å². The van der Waals surface area contributed by atoms with Crippen molar-refractivity contribution in [2.45, 2.75) is 53.0 Å². The zero-order chi connectivity index (χ0) is 24.6. The van der Waals surface area contributed by atoms with Crippen LogP contribution in [0, 0.1) is 5.41 Å². The molecule has 7 heteroatoms. The van der Waals surface area contributed by atoms with Crippen LogP contribution in [0.2, 0.25) is 0 Å². The molecule has 1 fully saturated rings. The monoisotopic (exact) mass is 475 g/mol. The molecule has 0 radical (unpaired) electrons. The quantitative estimate of drug-likeness (QED) is 0.443. The van der Waals surface area contributed by atoms with Gasteiger partial charge in [-0.3, -0.25) is 24.1 Å². The summed E-state index contributed by atoms with van der Waals surface area (Å²) >= 11 is 0. The molecule has 0 saturated carbocycles. The Balaban J connectivity index is 1.22. The second-order valence-electron chi connectivity index (χ2n) is 10.8. The molecule has 1 aromatic heterocycles. The number of piperazine rings is 1. The number of aromatic nitrogens is 2. The number of nitrogens with zero attached hydrogens (tertiary/aromatic N) is 5. The number of benzene rings is 1. The predicted octanol–water partition coefficient (Wildman–Crippen LogP) is 4.22. The second kappa shape index (κ2) is 9.61. The summed E-state index contributed by atoms with van der Waals surface area (Å²) in [5, 5.41) is 4.18. The molecule has 0 atom stereocenters. The van der Waals surface area contributed by atoms with Crippen molar-refractivity contribution in [3.8, 4) is 0 Å². The number of fused-ring (bicyclic) bond motifs is 1. The summed E-state index contributed by atoms with van der Waals surface area (Å²) in [5.74, 6) is -0.381. The van der Waals surface area contributed by atoms with E-state index in [0.29, 0.717) is 29.6 Å². The number of rotatable bonds is 7. The number of carbonyl (C=O) groups excluding carboxylic acids is 2. The summed E-state index contributed by atoms with van der Waals surface area (Å²) in [6.07, 6.45) is 8.54. The van der Waals surface area contributed by atoms with E-state index >= 15 is 0 Å². The van der Waals surface area contributed by atoms with Gasteiger partial charge in [-0.15, -0.1) is 0 Å². The van der Waals surface area contributed by atoms with Crippen molar-refractivity contribution in [1.82, 2.24) is 19.6 Å². The van der Waals surface area contributed by atoms with E-state index < -0.39 is 0 Å². The molecule has 7 nitrogen and oxygen atoms in total. The number of carbonyl (C=O) groups is 2. The summed E-state index contributed by atoms with van der Waals surface area (Å²) in [4.78, 5) is 32.5. The number of amides is 2. The maximum absolute atomic E-state index is 13.3. The van der Waals surface area contributed by atoms with Crippen LogP contribution < -0.4 is 4.90 Å². The number of hydrogen-bond donors (Lipinski definition) is 0. The Kier molecular flexibility index (Phi) is 6.53. The van der Waals surface area contributed by atoms with Crippen LogP contribution in [-0.2, 0) is 6.54 Å². The first kappa shape index (κ1) is 23.8. The summed E-state index contributed by atoms with van der Waals surface area (Å²) < 4.78 is 1.75. The minimum atomic E-state index is -0.198. The number of imide groups is 1. The van der Waals surface area contributed by atoms with Crippen LogP contribution in [0.1, 0.15) is 67.2 Å². The van der Waals surface area contributed by atoms with Crippen molar-refractivity contribution in [2.75, 3.05) is 44.2 Å². The summed E-state index contributed by atoms with van der Waals surface area (Å²) in [6.45, 7) is 12.7. The number of hydrogen-bond acceptors (Lipinski definition) is 5. The largest absolute Gasteiger partial charge is 0.368 e. The van der Waals surface area contributed by atoms with Crippen LogP contribution in [0.4, 0.5) is 5.69 Å². The molecule has 3 heterocycles. The van der Waals surface area contributed by atoms with Gasteiger partial charge in [0.25, 0.3) is 11.8 Å². The van der Waals surface area contributed by atoms with Crippen molar-refractivity contribution >= 4 is 17.5 Å². The Morgan fingerprint density at radius 1 is 0.971 bits per heavy atom. The minimum Gasteiger partial charge on any atom is -0.368 e. The van der Waals surface area contributed by atoms with E-state index in [1.54, 1.807) is 28.1 Å². The molecule has 1 aromatic carbocycles. The van der Waals surface area contributed by atoms with E-state index in [1.807, 2.05) is 24.4 Å². The zero-order valence-electron chi connectivity index (χ0n) is 21.3. The minimum absolute atomic E-state index is 0.183. The topological polar surface area (TPSA) is 61.7 Å². The van der Waals surface area contributed by atoms with Gasteiger partial charge in [-0.1, -0.05) is 31.1 Å². The van der Waals surface area contributed by atoms with Gasteiger partial charge in [-0.2, -0.15) is 5.10 Å². The van der Waals surface area contributed by atoms with Crippen LogP contribution in [0.5, 0.6) is 0 Å². The van der Waals surface area contributed by atoms with Gasteiger partial charge in [-0.25, -0.2) is 0 Å². The third-order valence-electron chi connectivity index (χ3n) is 8.17. The fraction of sp³-hybridized carbons (Fsp3) is 0.536. The molecule has 0 unspecified atom stereocenters. The standard InChI is InChI=1S/C28H37N5O2/c1-21-7-5-11-28(2,3)23(21)10-14-30-15-17-31(18-16-30)24-9-4-8-22-25(24)27(35)33(26(22)34)20-19-32-13-6-12-29-32/h4,6,8-9,12-13H,5,7,10-11,14-20H2,1-3H3. The Hall–Kier alpha value is -2.93. The van der Waals surface area contributed by atoms with Gasteiger partial charge in [0.2, 0.25) is 0 Å². The Bertz CT molecular complexity index is 1130. The Morgan fingerprint density at radius 2 is 1.77 bits per heavy atom. The smallest absolute Gasteiger partial charge is 0.263 e. The molecule has 5 rings (SSSR count). The molecule has 0 N–H and O–H groups in total. The molecule has 1 saturated heterocycles. The van der Waals surface area contributed by atoms with Crippen LogP contribution >= 0.6 is 0 Å². The fourth-order valence-corrected chi connectivity index (χ4v) is 6.13. The number of anilines is 1. The summed E-state index contributed by atoms with van der Waals surface area (Å²) in [6, 6.07) is 7.53. The van der Waals surface area contributed by atoms with E-state index in [9.17, 15) is 9.59 Å². The van der Waals surface area contributed by atoms with Crippen molar-refractivity contribution < 1.29 is 9.59 Å². The average molecular weight is 476 g/mol. The molecule has 3 aliphatic rings. The first-order chi connectivity index (χ1) is 16.8. The highest BCUT2D eigenvalue weighted by molar-refractivity contribution is 6.23. The van der Waals surface area contributed by atoms with E-state index in [-0.39, 0.29) is 11.8 Å². The molecular weight excluding hydrogens is 438 g/mol. The summed E-state index contributed by atoms with van der Waals surface area (Å²) in [5.41, 5.74) is 5.57. The molecule has 186 valence electrons. The Labute approximate surface area is 208 Å². The van der Waals surface area contributed by atoms with Crippen molar-refractivity contribution in [1.29, 1.82) is 0 Å². The molecule has 1 aliphatic carbocycles. The number of allylic oxidation sites excluding steroid dienone is 1. The second-order valence-corrected chi connectivity index (χ2v) is 10.8. The predicted molar refractivity (Wildman–Crippen MR) is 138 cm³/mol. The molecule has 2 aromatic rings. The van der Waals surface area contributed by atoms with E-state index in [1.165, 1.54) is 24.2 Å². The lowest BCUT2D eigenvalue weighted by atomic mass is 9.71. The van der Waals surface area contributed by atoms with Gasteiger partial charge < -0.3 is 4.90 Å². The average Bonchev–Trinajstić information content (AvgIpc) is 3.44. The van der Waals surface area contributed by atoms with E-state index in [2.05, 4.69) is 35.7 Å². The third-order valence-corrected chi connectivity index (χ3v) is 8.17. The Morgan fingerprint density at radius 3 is 2.49 bits per heavy atom. The van der Waals surface area contributed by atoms with Crippen molar-refractivity contribution in [2.24, 2.45) is 5.41 Å². The lowest BCUT2D eigenvalue weighted by molar-refractivity contribution is 0.0647. The first-order valence-electron chi connectivity index (χ1n) is 13.0. The van der Waals surface area contributed by atoms with Crippen LogP contribution in [0.15, 0.2) is 47.8 Å². The van der Waals surface area contributed by atoms with E-state index in [0.717, 1.165) is 44.8 Å². The SMILES string of the molecule is CC1=C(CCN2CCN(c3cccc4c3C(=O)N(CCn3cccn3)C4=O)CC2)C(C)(C)CCC1. The van der Waals surface area contributed by atoms with Gasteiger partial charge in [0.05, 0.1) is 23.4 Å². The van der Waals surface area contributed by atoms with Crippen LogP contribution in [-0.4, -0.2) is 70.7 Å². The highest BCUT2D eigenvalue weighted by Gasteiger charge is 2.38. The van der Waals surface area contributed by atoms with Gasteiger partial charge in [0.15, 0.2) is 0 Å². The zero-order valence-corrected chi connectivity index (χ0v) is 21.3. The summed E-state index contributed by atoms with van der Waals surface area (Å²) in [7, 11) is 0. The molecular formula is C28H37N5O2. The first-order valence-corrected chi connectivity index (χ1v) is 13.0.